The lowest BCUT2D eigenvalue weighted by molar-refractivity contribution is -0.145. The Kier molecular flexibility index (Phi) is 32.0. The fourth-order valence-electron chi connectivity index (χ4n) is 4.22. The minimum atomic E-state index is -0.773. The van der Waals surface area contributed by atoms with Crippen LogP contribution in [0.5, 0.6) is 23.0 Å². The van der Waals surface area contributed by atoms with Crippen molar-refractivity contribution in [2.45, 2.75) is 62.8 Å². The van der Waals surface area contributed by atoms with Crippen molar-refractivity contribution in [1.82, 2.24) is 9.78 Å². The van der Waals surface area contributed by atoms with Gasteiger partial charge in [-0.3, -0.25) is 9.59 Å². The number of azo groups is 1. The number of hydrogen-bond acceptors (Lipinski definition) is 16. The second-order valence-electron chi connectivity index (χ2n) is 11.4. The average molecular weight is 923 g/mol. The molecule has 0 radical (unpaired) electrons. The van der Waals surface area contributed by atoms with Crippen LogP contribution in [-0.2, 0) is 28.6 Å². The monoisotopic (exact) mass is 921 g/mol. The summed E-state index contributed by atoms with van der Waals surface area (Å²) in [7, 11) is 0. The molecule has 0 aliphatic carbocycles. The van der Waals surface area contributed by atoms with Gasteiger partial charge in [-0.1, -0.05) is 14.9 Å². The summed E-state index contributed by atoms with van der Waals surface area (Å²) in [6.45, 7) is 13.3. The summed E-state index contributed by atoms with van der Waals surface area (Å²) < 4.78 is 31.3. The zero-order chi connectivity index (χ0) is 45.6. The van der Waals surface area contributed by atoms with E-state index < -0.39 is 17.9 Å². The third-order valence-electron chi connectivity index (χ3n) is 6.84. The first kappa shape index (κ1) is 58.8. The van der Waals surface area contributed by atoms with Gasteiger partial charge in [0.1, 0.15) is 29.4 Å². The van der Waals surface area contributed by atoms with Crippen molar-refractivity contribution in [3.63, 3.8) is 0 Å². The normalized spacial score (nSPS) is 10.2. The molecule has 19 heteroatoms. The minimum Gasteiger partial charge on any atom is -0.508 e. The quantitative estimate of drug-likeness (QED) is 0.0123. The van der Waals surface area contributed by atoms with E-state index in [2.05, 4.69) is 20.1 Å². The zero-order valence-electron chi connectivity index (χ0n) is 35.0. The van der Waals surface area contributed by atoms with Crippen molar-refractivity contribution in [3.05, 3.63) is 96.1 Å². The van der Waals surface area contributed by atoms with Crippen LogP contribution in [0.15, 0.2) is 101 Å². The third-order valence-corrected chi connectivity index (χ3v) is 7.40. The van der Waals surface area contributed by atoms with Crippen LogP contribution in [-0.4, -0.2) is 95.1 Å². The van der Waals surface area contributed by atoms with Crippen LogP contribution < -0.4 is 19.9 Å². The van der Waals surface area contributed by atoms with Crippen LogP contribution in [0.1, 0.15) is 73.3 Å². The smallest absolute Gasteiger partial charge is 0.362 e. The van der Waals surface area contributed by atoms with E-state index in [-0.39, 0.29) is 74.9 Å². The molecule has 1 heterocycles. The van der Waals surface area contributed by atoms with Crippen LogP contribution in [0, 0.1) is 0 Å². The fraction of sp³-hybridized carbons (Fsp3) is 0.386. The van der Waals surface area contributed by atoms with E-state index in [1.165, 1.54) is 10.9 Å². The number of alkyl halides is 2. The number of esters is 3. The Morgan fingerprint density at radius 2 is 1.16 bits per heavy atom. The van der Waals surface area contributed by atoms with Gasteiger partial charge in [0, 0.05) is 5.69 Å². The van der Waals surface area contributed by atoms with Crippen LogP contribution in [0.3, 0.4) is 0 Å². The molecule has 0 atom stereocenters. The number of allylic oxidation sites excluding steroid dienone is 1. The number of aromatic nitrogens is 2. The van der Waals surface area contributed by atoms with Crippen molar-refractivity contribution >= 4 is 58.3 Å². The molecular formula is C44H61Cl2N5O12. The number of ether oxygens (including phenoxy) is 6. The third kappa shape index (κ3) is 23.5. The fourth-order valence-corrected chi connectivity index (χ4v) is 4.44. The van der Waals surface area contributed by atoms with Gasteiger partial charge in [0.05, 0.1) is 69.0 Å². The summed E-state index contributed by atoms with van der Waals surface area (Å²) in [6, 6.07) is 21.3. The van der Waals surface area contributed by atoms with E-state index in [9.17, 15) is 29.4 Å². The SMILES string of the molecule is C.C.CCOC(=O)C(N=Nc1ccc(OCC)cc1)=C(O)CCl.CCOC(=O)CC(=O)CCl.CCOC(=O)c1nn(-c2ccc(OCC)cc2)cc1O.CCOc1ccc(N)cc1. The second kappa shape index (κ2) is 34.3. The Morgan fingerprint density at radius 1 is 0.683 bits per heavy atom. The number of hydrogen-bond donors (Lipinski definition) is 3. The number of carbonyl (C=O) groups is 4. The highest BCUT2D eigenvalue weighted by Crippen LogP contribution is 2.22. The highest BCUT2D eigenvalue weighted by molar-refractivity contribution is 6.28. The Bertz CT molecular complexity index is 1970. The van der Waals surface area contributed by atoms with E-state index in [4.69, 9.17) is 52.6 Å². The summed E-state index contributed by atoms with van der Waals surface area (Å²) in [5.74, 6) is -0.874. The molecule has 0 aliphatic heterocycles. The van der Waals surface area contributed by atoms with Crippen LogP contribution in [0.2, 0.25) is 0 Å². The number of nitrogens with zero attached hydrogens (tertiary/aromatic N) is 4. The van der Waals surface area contributed by atoms with E-state index in [0.717, 1.165) is 17.2 Å². The summed E-state index contributed by atoms with van der Waals surface area (Å²) in [6.07, 6.45) is 1.15. The lowest BCUT2D eigenvalue weighted by Crippen LogP contribution is -2.11. The molecular weight excluding hydrogens is 861 g/mol. The molecule has 1 aromatic heterocycles. The average Bonchev–Trinajstić information content (AvgIpc) is 3.65. The molecule has 0 saturated heterocycles. The highest BCUT2D eigenvalue weighted by atomic mass is 35.5. The zero-order valence-corrected chi connectivity index (χ0v) is 36.5. The molecule has 0 fully saturated rings. The summed E-state index contributed by atoms with van der Waals surface area (Å²) in [4.78, 5) is 44.2. The predicted octanol–water partition coefficient (Wildman–Crippen LogP) is 9.58. The van der Waals surface area contributed by atoms with Crippen molar-refractivity contribution in [1.29, 1.82) is 0 Å². The van der Waals surface area contributed by atoms with Gasteiger partial charge in [0.2, 0.25) is 11.4 Å². The molecule has 0 aliphatic rings. The van der Waals surface area contributed by atoms with Gasteiger partial charge in [0.25, 0.3) is 0 Å². The first-order chi connectivity index (χ1) is 29.3. The molecule has 63 heavy (non-hydrogen) atoms. The molecule has 0 unspecified atom stereocenters. The molecule has 0 saturated carbocycles. The Labute approximate surface area is 379 Å². The second-order valence-corrected chi connectivity index (χ2v) is 11.9. The van der Waals surface area contributed by atoms with Crippen molar-refractivity contribution < 1.29 is 57.8 Å². The molecule has 0 bridgehead atoms. The van der Waals surface area contributed by atoms with Gasteiger partial charge < -0.3 is 44.4 Å². The van der Waals surface area contributed by atoms with Crippen molar-refractivity contribution in [2.24, 2.45) is 10.2 Å². The van der Waals surface area contributed by atoms with Gasteiger partial charge in [-0.15, -0.1) is 28.3 Å². The largest absolute Gasteiger partial charge is 0.508 e. The van der Waals surface area contributed by atoms with Gasteiger partial charge in [0.15, 0.2) is 11.5 Å². The molecule has 3 aromatic carbocycles. The van der Waals surface area contributed by atoms with Crippen LogP contribution in [0.25, 0.3) is 5.69 Å². The Hall–Kier alpha value is -6.33. The summed E-state index contributed by atoms with van der Waals surface area (Å²) >= 11 is 10.6. The first-order valence-electron chi connectivity index (χ1n) is 19.0. The van der Waals surface area contributed by atoms with Crippen LogP contribution >= 0.6 is 23.2 Å². The molecule has 0 spiro atoms. The topological polar surface area (TPSA) is 233 Å². The standard InChI is InChI=1S/C14H17ClN2O4.C14H16N2O4.C8H11NO.C6H9ClO3.2CH4/c1-3-20-11-7-5-10(6-8-11)16-17-13(12(18)9-15)14(19)21-4-2;1-3-19-11-7-5-10(6-8-11)16-9-12(17)13(15-16)14(18)20-4-2;1-2-10-8-5-3-7(9)4-6-8;1-2-10-6(9)3-5(8)4-7;;/h5-8,18H,3-4,9H2,1-2H3;5-9,17H,3-4H2,1-2H3;3-6H,2,9H2,1H3;2-4H2,1H3;2*1H4. The highest BCUT2D eigenvalue weighted by Gasteiger charge is 2.18. The minimum absolute atomic E-state index is 0. The number of halogens is 2. The van der Waals surface area contributed by atoms with Gasteiger partial charge in [-0.2, -0.15) is 10.2 Å². The number of benzene rings is 3. The number of nitrogen functional groups attached to an aromatic ring is 1. The Balaban J connectivity index is 0. The van der Waals surface area contributed by atoms with E-state index >= 15 is 0 Å². The molecule has 4 rings (SSSR count). The van der Waals surface area contributed by atoms with Gasteiger partial charge in [-0.25, -0.2) is 14.3 Å². The maximum Gasteiger partial charge on any atom is 0.362 e. The number of carbonyl (C=O) groups excluding carboxylic acids is 4. The first-order valence-corrected chi connectivity index (χ1v) is 20.1. The molecule has 4 aromatic rings. The van der Waals surface area contributed by atoms with E-state index in [1.54, 1.807) is 69.3 Å². The lowest BCUT2D eigenvalue weighted by atomic mass is 10.3. The van der Waals surface area contributed by atoms with Gasteiger partial charge in [-0.05, 0) is 114 Å². The molecule has 4 N–H and O–H groups in total. The molecule has 17 nitrogen and oxygen atoms in total. The number of anilines is 1. The van der Waals surface area contributed by atoms with Crippen molar-refractivity contribution in [3.8, 4) is 28.7 Å². The Morgan fingerprint density at radius 3 is 1.60 bits per heavy atom. The maximum absolute atomic E-state index is 11.6. The predicted molar refractivity (Wildman–Crippen MR) is 244 cm³/mol. The number of aliphatic hydroxyl groups excluding tert-OH is 1. The number of nitrogens with two attached hydrogens (primary N) is 1. The summed E-state index contributed by atoms with van der Waals surface area (Å²) in [5.41, 5.74) is 7.04. The van der Waals surface area contributed by atoms with E-state index in [1.807, 2.05) is 45.0 Å². The van der Waals surface area contributed by atoms with Gasteiger partial charge >= 0.3 is 17.9 Å². The lowest BCUT2D eigenvalue weighted by Gasteiger charge is -2.04. The number of ketones is 1. The molecule has 348 valence electrons. The number of aliphatic hydroxyl groups is 1. The number of Topliss-reactive ketones (excluding diaryl/α,β-unsaturated/α-hetero) is 1. The summed E-state index contributed by atoms with van der Waals surface area (Å²) in [5, 5.41) is 30.9. The number of aromatic hydroxyl groups is 1. The van der Waals surface area contributed by atoms with Crippen molar-refractivity contribution in [2.75, 3.05) is 57.1 Å². The number of rotatable bonds is 18. The van der Waals surface area contributed by atoms with Crippen LogP contribution in [0.4, 0.5) is 11.4 Å². The maximum atomic E-state index is 11.6. The van der Waals surface area contributed by atoms with E-state index in [0.29, 0.717) is 43.6 Å². The molecule has 0 amide bonds.